The monoisotopic (exact) mass is 253 g/mol. The summed E-state index contributed by atoms with van der Waals surface area (Å²) >= 11 is 0. The maximum atomic E-state index is 11.6. The van der Waals surface area contributed by atoms with E-state index in [0.717, 1.165) is 0 Å². The molecular weight excluding hydrogens is 230 g/mol. The Bertz CT molecular complexity index is 261. The van der Waals surface area contributed by atoms with Gasteiger partial charge in [-0.25, -0.2) is 4.72 Å². The highest BCUT2D eigenvalue weighted by Crippen LogP contribution is 1.95. The maximum absolute atomic E-state index is 11.6. The summed E-state index contributed by atoms with van der Waals surface area (Å²) in [5, 5.41) is 0. The van der Waals surface area contributed by atoms with Crippen LogP contribution >= 0.6 is 0 Å². The summed E-state index contributed by atoms with van der Waals surface area (Å²) in [7, 11) is -1.93. The van der Waals surface area contributed by atoms with Crippen LogP contribution in [0.3, 0.4) is 0 Å². The second-order valence-corrected chi connectivity index (χ2v) is 5.62. The summed E-state index contributed by atoms with van der Waals surface area (Å²) in [6.45, 7) is 5.03. The number of nitrogens with one attached hydrogen (secondary N) is 2. The molecule has 0 aromatic heterocycles. The van der Waals surface area contributed by atoms with E-state index in [0.29, 0.717) is 26.1 Å². The summed E-state index contributed by atoms with van der Waals surface area (Å²) in [6.07, 6.45) is 0.552. The molecule has 4 N–H and O–H groups in total. The molecule has 1 atom stereocenters. The van der Waals surface area contributed by atoms with Crippen LogP contribution in [-0.2, 0) is 14.9 Å². The quantitative estimate of drug-likeness (QED) is 0.513. The number of rotatable bonds is 9. The molecule has 0 aliphatic rings. The topological polar surface area (TPSA) is 93.4 Å². The van der Waals surface area contributed by atoms with Crippen LogP contribution in [-0.4, -0.2) is 41.3 Å². The van der Waals surface area contributed by atoms with E-state index in [9.17, 15) is 8.42 Å². The van der Waals surface area contributed by atoms with Crippen molar-refractivity contribution < 1.29 is 13.2 Å². The smallest absolute Gasteiger partial charge is 0.277 e. The van der Waals surface area contributed by atoms with E-state index in [1.165, 1.54) is 7.11 Å². The lowest BCUT2D eigenvalue weighted by Gasteiger charge is -2.18. The van der Waals surface area contributed by atoms with Crippen molar-refractivity contribution in [1.29, 1.82) is 0 Å². The Kier molecular flexibility index (Phi) is 7.86. The zero-order chi connectivity index (χ0) is 12.6. The lowest BCUT2D eigenvalue weighted by atomic mass is 10.2. The van der Waals surface area contributed by atoms with Crippen molar-refractivity contribution in [2.24, 2.45) is 11.7 Å². The zero-order valence-corrected chi connectivity index (χ0v) is 11.0. The lowest BCUT2D eigenvalue weighted by Crippen LogP contribution is -2.46. The molecule has 0 spiro atoms. The summed E-state index contributed by atoms with van der Waals surface area (Å²) in [4.78, 5) is 0. The van der Waals surface area contributed by atoms with Gasteiger partial charge in [-0.1, -0.05) is 13.8 Å². The van der Waals surface area contributed by atoms with Crippen LogP contribution in [0.25, 0.3) is 0 Å². The van der Waals surface area contributed by atoms with Gasteiger partial charge in [0.2, 0.25) is 0 Å². The fourth-order valence-corrected chi connectivity index (χ4v) is 2.38. The molecule has 16 heavy (non-hydrogen) atoms. The molecule has 0 amide bonds. The molecule has 1 unspecified atom stereocenters. The highest BCUT2D eigenvalue weighted by atomic mass is 32.2. The molecule has 0 aliphatic carbocycles. The van der Waals surface area contributed by atoms with E-state index in [1.807, 2.05) is 13.8 Å². The molecule has 0 fully saturated rings. The average molecular weight is 253 g/mol. The third-order valence-electron chi connectivity index (χ3n) is 1.89. The Morgan fingerprint density at radius 1 is 1.38 bits per heavy atom. The second kappa shape index (κ2) is 7.97. The first-order valence-electron chi connectivity index (χ1n) is 5.37. The van der Waals surface area contributed by atoms with Gasteiger partial charge in [-0.15, -0.1) is 0 Å². The normalized spacial score (nSPS) is 14.3. The summed E-state index contributed by atoms with van der Waals surface area (Å²) in [5.41, 5.74) is 5.39. The van der Waals surface area contributed by atoms with E-state index in [1.54, 1.807) is 0 Å². The van der Waals surface area contributed by atoms with Crippen LogP contribution in [0.15, 0.2) is 0 Å². The largest absolute Gasteiger partial charge is 0.383 e. The predicted molar refractivity (Wildman–Crippen MR) is 64.2 cm³/mol. The lowest BCUT2D eigenvalue weighted by molar-refractivity contribution is 0.172. The van der Waals surface area contributed by atoms with E-state index < -0.39 is 10.2 Å². The molecule has 7 heteroatoms. The van der Waals surface area contributed by atoms with Crippen molar-refractivity contribution in [2.45, 2.75) is 26.3 Å². The molecule has 0 aromatic carbocycles. The number of methoxy groups -OCH3 is 1. The van der Waals surface area contributed by atoms with E-state index in [4.69, 9.17) is 10.5 Å². The second-order valence-electron chi connectivity index (χ2n) is 4.09. The standard InChI is InChI=1S/C9H23N3O3S/c1-8(2)6-11-16(13,14)12-9(4-5-10)7-15-3/h8-9,11-12H,4-7,10H2,1-3H3. The molecule has 6 nitrogen and oxygen atoms in total. The number of ether oxygens (including phenoxy) is 1. The van der Waals surface area contributed by atoms with Gasteiger partial charge in [0.1, 0.15) is 0 Å². The summed E-state index contributed by atoms with van der Waals surface area (Å²) in [5.74, 6) is 0.270. The highest BCUT2D eigenvalue weighted by molar-refractivity contribution is 7.87. The molecule has 0 saturated heterocycles. The Hall–Kier alpha value is -0.210. The van der Waals surface area contributed by atoms with Crippen LogP contribution in [0, 0.1) is 5.92 Å². The van der Waals surface area contributed by atoms with Gasteiger partial charge < -0.3 is 10.5 Å². The van der Waals surface area contributed by atoms with Gasteiger partial charge in [-0.2, -0.15) is 13.1 Å². The average Bonchev–Trinajstić information content (AvgIpc) is 2.15. The van der Waals surface area contributed by atoms with Gasteiger partial charge in [0.25, 0.3) is 10.2 Å². The van der Waals surface area contributed by atoms with Gasteiger partial charge in [0.05, 0.1) is 6.61 Å². The Morgan fingerprint density at radius 3 is 2.44 bits per heavy atom. The first-order chi connectivity index (χ1) is 7.41. The number of hydrogen-bond acceptors (Lipinski definition) is 4. The molecule has 0 aliphatic heterocycles. The van der Waals surface area contributed by atoms with Crippen molar-refractivity contribution in [3.05, 3.63) is 0 Å². The Morgan fingerprint density at radius 2 is 2.00 bits per heavy atom. The molecule has 0 radical (unpaired) electrons. The molecule has 0 aromatic rings. The van der Waals surface area contributed by atoms with Crippen LogP contribution in [0.4, 0.5) is 0 Å². The number of nitrogens with two attached hydrogens (primary N) is 1. The van der Waals surface area contributed by atoms with Crippen molar-refractivity contribution in [2.75, 3.05) is 26.8 Å². The zero-order valence-electron chi connectivity index (χ0n) is 10.2. The first kappa shape index (κ1) is 15.8. The van der Waals surface area contributed by atoms with Gasteiger partial charge >= 0.3 is 0 Å². The minimum atomic E-state index is -3.46. The van der Waals surface area contributed by atoms with Crippen molar-refractivity contribution >= 4 is 10.2 Å². The minimum absolute atomic E-state index is 0.270. The fourth-order valence-electron chi connectivity index (χ4n) is 1.12. The van der Waals surface area contributed by atoms with Gasteiger partial charge in [-0.05, 0) is 18.9 Å². The molecule has 0 rings (SSSR count). The third kappa shape index (κ3) is 8.00. The SMILES string of the molecule is COCC(CCN)NS(=O)(=O)NCC(C)C. The van der Waals surface area contributed by atoms with Crippen molar-refractivity contribution in [3.63, 3.8) is 0 Å². The summed E-state index contributed by atoms with van der Waals surface area (Å²) in [6, 6.07) is -0.278. The third-order valence-corrected chi connectivity index (χ3v) is 3.08. The van der Waals surface area contributed by atoms with Gasteiger partial charge in [-0.3, -0.25) is 0 Å². The Labute approximate surface area is 98.1 Å². The van der Waals surface area contributed by atoms with E-state index in [-0.39, 0.29) is 12.0 Å². The van der Waals surface area contributed by atoms with E-state index >= 15 is 0 Å². The van der Waals surface area contributed by atoms with Gasteiger partial charge in [0, 0.05) is 19.7 Å². The Balaban J connectivity index is 4.18. The van der Waals surface area contributed by atoms with E-state index in [2.05, 4.69) is 9.44 Å². The fraction of sp³-hybridized carbons (Fsp3) is 1.00. The van der Waals surface area contributed by atoms with Crippen LogP contribution in [0.1, 0.15) is 20.3 Å². The minimum Gasteiger partial charge on any atom is -0.383 e. The molecule has 0 heterocycles. The molecule has 0 bridgehead atoms. The molecule has 98 valence electrons. The predicted octanol–water partition coefficient (Wildman–Crippen LogP) is -0.570. The maximum Gasteiger partial charge on any atom is 0.277 e. The van der Waals surface area contributed by atoms with Gasteiger partial charge in [0.15, 0.2) is 0 Å². The highest BCUT2D eigenvalue weighted by Gasteiger charge is 2.16. The molecule has 0 saturated carbocycles. The first-order valence-corrected chi connectivity index (χ1v) is 6.85. The number of hydrogen-bond donors (Lipinski definition) is 3. The van der Waals surface area contributed by atoms with Crippen molar-refractivity contribution in [1.82, 2.24) is 9.44 Å². The van der Waals surface area contributed by atoms with Crippen LogP contribution < -0.4 is 15.2 Å². The summed E-state index contributed by atoms with van der Waals surface area (Å²) < 4.78 is 33.0. The van der Waals surface area contributed by atoms with Crippen LogP contribution in [0.2, 0.25) is 0 Å². The van der Waals surface area contributed by atoms with Crippen LogP contribution in [0.5, 0.6) is 0 Å². The molecular formula is C9H23N3O3S. The van der Waals surface area contributed by atoms with Crippen molar-refractivity contribution in [3.8, 4) is 0 Å².